The summed E-state index contributed by atoms with van der Waals surface area (Å²) >= 11 is 6.16. The van der Waals surface area contributed by atoms with E-state index in [4.69, 9.17) is 21.1 Å². The van der Waals surface area contributed by atoms with Crippen LogP contribution in [0.15, 0.2) is 30.3 Å². The summed E-state index contributed by atoms with van der Waals surface area (Å²) in [5, 5.41) is 3.59. The molecule has 6 heteroatoms. The molecule has 1 aromatic heterocycles. The van der Waals surface area contributed by atoms with Gasteiger partial charge in [0, 0.05) is 5.69 Å². The number of carbonyl (C=O) groups excluding carboxylic acids is 1. The van der Waals surface area contributed by atoms with E-state index in [1.807, 2.05) is 19.9 Å². The maximum absolute atomic E-state index is 11.9. The Hall–Kier alpha value is -2.27. The Balaban J connectivity index is 2.45. The second-order valence-corrected chi connectivity index (χ2v) is 4.92. The lowest BCUT2D eigenvalue weighted by Gasteiger charge is -2.15. The van der Waals surface area contributed by atoms with Crippen LogP contribution in [0.25, 0.3) is 0 Å². The van der Waals surface area contributed by atoms with Crippen LogP contribution in [0, 0.1) is 6.92 Å². The van der Waals surface area contributed by atoms with E-state index in [0.29, 0.717) is 34.4 Å². The Bertz CT molecular complexity index is 689. The maximum atomic E-state index is 11.9. The van der Waals surface area contributed by atoms with E-state index in [1.165, 1.54) is 7.11 Å². The average molecular weight is 321 g/mol. The number of nitrogens with one attached hydrogen (secondary N) is 1. The van der Waals surface area contributed by atoms with Crippen LogP contribution >= 0.6 is 11.6 Å². The van der Waals surface area contributed by atoms with E-state index in [0.717, 1.165) is 5.69 Å². The lowest BCUT2D eigenvalue weighted by molar-refractivity contribution is 0.0601. The number of hydrogen-bond donors (Lipinski definition) is 1. The first-order valence-electron chi connectivity index (χ1n) is 6.81. The predicted octanol–water partition coefficient (Wildman–Crippen LogP) is 3.97. The van der Waals surface area contributed by atoms with Crippen LogP contribution in [0.2, 0.25) is 5.02 Å². The van der Waals surface area contributed by atoms with Gasteiger partial charge in [-0.3, -0.25) is 0 Å². The number of benzene rings is 1. The fourth-order valence-electron chi connectivity index (χ4n) is 1.95. The number of aryl methyl sites for hydroxylation is 1. The van der Waals surface area contributed by atoms with Gasteiger partial charge in [-0.2, -0.15) is 0 Å². The normalized spacial score (nSPS) is 10.2. The zero-order valence-electron chi connectivity index (χ0n) is 12.6. The van der Waals surface area contributed by atoms with Gasteiger partial charge < -0.3 is 14.8 Å². The van der Waals surface area contributed by atoms with E-state index >= 15 is 0 Å². The van der Waals surface area contributed by atoms with Crippen molar-refractivity contribution in [2.45, 2.75) is 13.8 Å². The van der Waals surface area contributed by atoms with Crippen LogP contribution in [-0.4, -0.2) is 24.7 Å². The lowest BCUT2D eigenvalue weighted by atomic mass is 10.2. The Morgan fingerprint density at radius 1 is 1.32 bits per heavy atom. The zero-order chi connectivity index (χ0) is 16.1. The molecule has 0 bridgehead atoms. The van der Waals surface area contributed by atoms with Crippen molar-refractivity contribution in [1.29, 1.82) is 0 Å². The molecule has 0 saturated carbocycles. The van der Waals surface area contributed by atoms with Crippen LogP contribution in [0.4, 0.5) is 11.5 Å². The quantitative estimate of drug-likeness (QED) is 0.845. The fourth-order valence-corrected chi connectivity index (χ4v) is 2.18. The van der Waals surface area contributed by atoms with Crippen molar-refractivity contribution in [3.05, 3.63) is 46.6 Å². The van der Waals surface area contributed by atoms with E-state index in [-0.39, 0.29) is 0 Å². The molecule has 116 valence electrons. The van der Waals surface area contributed by atoms with Gasteiger partial charge in [0.15, 0.2) is 5.75 Å². The first-order chi connectivity index (χ1) is 10.6. The fraction of sp³-hybridized carbons (Fsp3) is 0.250. The van der Waals surface area contributed by atoms with Gasteiger partial charge in [-0.15, -0.1) is 0 Å². The van der Waals surface area contributed by atoms with Crippen LogP contribution in [0.3, 0.4) is 0 Å². The third-order valence-corrected chi connectivity index (χ3v) is 3.25. The van der Waals surface area contributed by atoms with E-state index in [1.54, 1.807) is 24.3 Å². The molecule has 1 aromatic carbocycles. The summed E-state index contributed by atoms with van der Waals surface area (Å²) in [5.74, 6) is 0.454. The summed E-state index contributed by atoms with van der Waals surface area (Å²) in [5.41, 5.74) is 1.75. The monoisotopic (exact) mass is 320 g/mol. The average Bonchev–Trinajstić information content (AvgIpc) is 2.50. The zero-order valence-corrected chi connectivity index (χ0v) is 13.4. The highest BCUT2D eigenvalue weighted by molar-refractivity contribution is 6.32. The first-order valence-corrected chi connectivity index (χ1v) is 7.19. The maximum Gasteiger partial charge on any atom is 0.341 e. The number of carbonyl (C=O) groups is 1. The van der Waals surface area contributed by atoms with E-state index in [9.17, 15) is 4.79 Å². The number of pyridine rings is 1. The van der Waals surface area contributed by atoms with Gasteiger partial charge >= 0.3 is 5.97 Å². The summed E-state index contributed by atoms with van der Waals surface area (Å²) in [7, 11) is 1.33. The summed E-state index contributed by atoms with van der Waals surface area (Å²) < 4.78 is 10.3. The number of esters is 1. The number of para-hydroxylation sites is 1. The molecule has 0 aliphatic rings. The highest BCUT2D eigenvalue weighted by Crippen LogP contribution is 2.35. The summed E-state index contributed by atoms with van der Waals surface area (Å²) in [4.78, 5) is 16.2. The van der Waals surface area contributed by atoms with Gasteiger partial charge in [-0.1, -0.05) is 17.7 Å². The van der Waals surface area contributed by atoms with Gasteiger partial charge in [0.2, 0.25) is 0 Å². The van der Waals surface area contributed by atoms with Crippen LogP contribution < -0.4 is 10.1 Å². The minimum atomic E-state index is -0.463. The molecule has 2 aromatic rings. The van der Waals surface area contributed by atoms with Crippen molar-refractivity contribution in [3.8, 4) is 5.75 Å². The molecule has 22 heavy (non-hydrogen) atoms. The molecule has 0 spiro atoms. The molecule has 0 atom stereocenters. The van der Waals surface area contributed by atoms with Gasteiger partial charge in [-0.25, -0.2) is 9.78 Å². The minimum absolute atomic E-state index is 0.343. The molecule has 0 fully saturated rings. The summed E-state index contributed by atoms with van der Waals surface area (Å²) in [6, 6.07) is 8.76. The van der Waals surface area contributed by atoms with Gasteiger partial charge in [0.05, 0.1) is 24.4 Å². The molecular weight excluding hydrogens is 304 g/mol. The Morgan fingerprint density at radius 3 is 2.77 bits per heavy atom. The highest BCUT2D eigenvalue weighted by atomic mass is 35.5. The van der Waals surface area contributed by atoms with Crippen molar-refractivity contribution in [2.24, 2.45) is 0 Å². The molecule has 1 N–H and O–H groups in total. The van der Waals surface area contributed by atoms with E-state index < -0.39 is 5.97 Å². The summed E-state index contributed by atoms with van der Waals surface area (Å²) in [6.07, 6.45) is 0. The van der Waals surface area contributed by atoms with Crippen LogP contribution in [-0.2, 0) is 4.74 Å². The molecule has 0 unspecified atom stereocenters. The molecule has 0 saturated heterocycles. The van der Waals surface area contributed by atoms with Crippen molar-refractivity contribution < 1.29 is 14.3 Å². The third-order valence-electron chi connectivity index (χ3n) is 2.95. The molecule has 1 heterocycles. The topological polar surface area (TPSA) is 60.5 Å². The number of rotatable bonds is 5. The number of halogens is 1. The smallest absolute Gasteiger partial charge is 0.341 e. The third kappa shape index (κ3) is 3.49. The second kappa shape index (κ2) is 7.13. The molecule has 0 amide bonds. The number of anilines is 2. The molecule has 0 radical (unpaired) electrons. The molecule has 0 aliphatic carbocycles. The minimum Gasteiger partial charge on any atom is -0.490 e. The second-order valence-electron chi connectivity index (χ2n) is 4.51. The molecule has 5 nitrogen and oxygen atoms in total. The highest BCUT2D eigenvalue weighted by Gasteiger charge is 2.16. The van der Waals surface area contributed by atoms with Crippen molar-refractivity contribution in [2.75, 3.05) is 19.0 Å². The number of nitrogens with zero attached hydrogens (tertiary/aromatic N) is 1. The molecule has 2 rings (SSSR count). The number of hydrogen-bond acceptors (Lipinski definition) is 5. The van der Waals surface area contributed by atoms with E-state index in [2.05, 4.69) is 10.3 Å². The Labute approximate surface area is 134 Å². The molecule has 0 aliphatic heterocycles. The Kier molecular flexibility index (Phi) is 5.22. The van der Waals surface area contributed by atoms with Crippen molar-refractivity contribution in [3.63, 3.8) is 0 Å². The predicted molar refractivity (Wildman–Crippen MR) is 86.2 cm³/mol. The number of methoxy groups -OCH3 is 1. The van der Waals surface area contributed by atoms with Gasteiger partial charge in [-0.05, 0) is 38.1 Å². The van der Waals surface area contributed by atoms with Crippen LogP contribution in [0.5, 0.6) is 5.75 Å². The Morgan fingerprint density at radius 2 is 2.09 bits per heavy atom. The number of ether oxygens (including phenoxy) is 2. The SMILES string of the molecule is CCOc1c(Cl)cccc1Nc1nc(C)ccc1C(=O)OC. The number of aromatic nitrogens is 1. The van der Waals surface area contributed by atoms with Crippen molar-refractivity contribution >= 4 is 29.1 Å². The largest absolute Gasteiger partial charge is 0.490 e. The molecular formula is C16H17ClN2O3. The lowest BCUT2D eigenvalue weighted by Crippen LogP contribution is -2.09. The first kappa shape index (κ1) is 16.1. The van der Waals surface area contributed by atoms with Crippen LogP contribution in [0.1, 0.15) is 23.0 Å². The van der Waals surface area contributed by atoms with Gasteiger partial charge in [0.25, 0.3) is 0 Å². The van der Waals surface area contributed by atoms with Crippen molar-refractivity contribution in [1.82, 2.24) is 4.98 Å². The van der Waals surface area contributed by atoms with Gasteiger partial charge in [0.1, 0.15) is 11.4 Å². The summed E-state index contributed by atoms with van der Waals surface area (Å²) in [6.45, 7) is 4.19. The standard InChI is InChI=1S/C16H17ClN2O3/c1-4-22-14-12(17)6-5-7-13(14)19-15-11(16(20)21-3)9-8-10(2)18-15/h5-9H,4H2,1-3H3,(H,18,19).